The van der Waals surface area contributed by atoms with Gasteiger partial charge in [-0.2, -0.15) is 0 Å². The Hall–Kier alpha value is -2.33. The highest BCUT2D eigenvalue weighted by atomic mass is 35.5. The third-order valence-corrected chi connectivity index (χ3v) is 5.92. The minimum atomic E-state index is 0.0591. The van der Waals surface area contributed by atoms with Crippen molar-refractivity contribution in [3.63, 3.8) is 0 Å². The van der Waals surface area contributed by atoms with Crippen LogP contribution in [-0.2, 0) is 11.2 Å². The number of anilines is 1. The van der Waals surface area contributed by atoms with Crippen LogP contribution in [-0.4, -0.2) is 35.8 Å². The highest BCUT2D eigenvalue weighted by Gasteiger charge is 2.30. The number of nitrogens with zero attached hydrogens (tertiary/aromatic N) is 2. The Balaban J connectivity index is 1.48. The van der Waals surface area contributed by atoms with E-state index in [0.717, 1.165) is 55.0 Å². The first-order valence-electron chi connectivity index (χ1n) is 9.58. The van der Waals surface area contributed by atoms with Gasteiger partial charge >= 0.3 is 0 Å². The maximum atomic E-state index is 13.0. The zero-order valence-corrected chi connectivity index (χ0v) is 16.0. The second-order valence-corrected chi connectivity index (χ2v) is 7.69. The normalized spacial score (nSPS) is 19.7. The highest BCUT2D eigenvalue weighted by molar-refractivity contribution is 6.31. The summed E-state index contributed by atoms with van der Waals surface area (Å²) in [7, 11) is 0. The maximum Gasteiger partial charge on any atom is 0.254 e. The van der Waals surface area contributed by atoms with Gasteiger partial charge in [-0.15, -0.1) is 0 Å². The van der Waals surface area contributed by atoms with Gasteiger partial charge in [-0.05, 0) is 61.6 Å². The molecule has 27 heavy (non-hydrogen) atoms. The Morgan fingerprint density at radius 1 is 1.04 bits per heavy atom. The van der Waals surface area contributed by atoms with E-state index in [-0.39, 0.29) is 17.9 Å². The monoisotopic (exact) mass is 382 g/mol. The quantitative estimate of drug-likeness (QED) is 0.790. The molecule has 2 saturated heterocycles. The fourth-order valence-electron chi connectivity index (χ4n) is 4.10. The summed E-state index contributed by atoms with van der Waals surface area (Å²) in [6.45, 7) is 1.54. The summed E-state index contributed by atoms with van der Waals surface area (Å²) >= 11 is 6.30. The van der Waals surface area contributed by atoms with Crippen LogP contribution < -0.4 is 4.90 Å². The Kier molecular flexibility index (Phi) is 5.17. The third kappa shape index (κ3) is 3.72. The summed E-state index contributed by atoms with van der Waals surface area (Å²) in [5, 5.41) is 0.761. The van der Waals surface area contributed by atoms with E-state index in [4.69, 9.17) is 11.6 Å². The van der Waals surface area contributed by atoms with Crippen LogP contribution in [0.2, 0.25) is 5.02 Å². The average molecular weight is 383 g/mol. The molecule has 0 aromatic heterocycles. The maximum absolute atomic E-state index is 13.0. The van der Waals surface area contributed by atoms with Crippen LogP contribution in [0.5, 0.6) is 0 Å². The summed E-state index contributed by atoms with van der Waals surface area (Å²) < 4.78 is 0. The number of hydrogen-bond acceptors (Lipinski definition) is 2. The van der Waals surface area contributed by atoms with Gasteiger partial charge in [0.05, 0.1) is 0 Å². The van der Waals surface area contributed by atoms with Crippen molar-refractivity contribution < 1.29 is 9.59 Å². The van der Waals surface area contributed by atoms with Crippen LogP contribution in [0.15, 0.2) is 48.5 Å². The molecule has 5 heteroatoms. The van der Waals surface area contributed by atoms with E-state index in [0.29, 0.717) is 12.0 Å². The SMILES string of the molecule is O=C1CCCN1c1ccc(C(=O)N2CCCC2Cc2ccccc2Cl)cc1. The highest BCUT2D eigenvalue weighted by Crippen LogP contribution is 2.27. The van der Waals surface area contributed by atoms with Gasteiger partial charge in [-0.25, -0.2) is 0 Å². The minimum Gasteiger partial charge on any atom is -0.335 e. The van der Waals surface area contributed by atoms with Gasteiger partial charge in [-0.1, -0.05) is 29.8 Å². The number of halogens is 1. The molecule has 1 unspecified atom stereocenters. The van der Waals surface area contributed by atoms with Crippen molar-refractivity contribution in [1.29, 1.82) is 0 Å². The molecule has 2 fully saturated rings. The Morgan fingerprint density at radius 2 is 1.81 bits per heavy atom. The number of hydrogen-bond donors (Lipinski definition) is 0. The number of amides is 2. The van der Waals surface area contributed by atoms with E-state index in [9.17, 15) is 9.59 Å². The Morgan fingerprint density at radius 3 is 2.52 bits per heavy atom. The van der Waals surface area contributed by atoms with Crippen molar-refractivity contribution in [3.05, 3.63) is 64.7 Å². The zero-order valence-electron chi connectivity index (χ0n) is 15.2. The van der Waals surface area contributed by atoms with Crippen molar-refractivity contribution in [2.24, 2.45) is 0 Å². The molecule has 2 aliphatic rings. The van der Waals surface area contributed by atoms with Crippen molar-refractivity contribution in [2.75, 3.05) is 18.0 Å². The summed E-state index contributed by atoms with van der Waals surface area (Å²) in [6, 6.07) is 15.5. The van der Waals surface area contributed by atoms with Gasteiger partial charge in [-0.3, -0.25) is 9.59 Å². The number of likely N-dealkylation sites (tertiary alicyclic amines) is 1. The molecule has 1 atom stereocenters. The van der Waals surface area contributed by atoms with Crippen LogP contribution >= 0.6 is 11.6 Å². The van der Waals surface area contributed by atoms with Gasteiger partial charge in [0.25, 0.3) is 5.91 Å². The molecule has 140 valence electrons. The molecule has 0 aliphatic carbocycles. The van der Waals surface area contributed by atoms with E-state index < -0.39 is 0 Å². The molecule has 0 radical (unpaired) electrons. The molecule has 4 nitrogen and oxygen atoms in total. The van der Waals surface area contributed by atoms with E-state index in [1.54, 1.807) is 4.90 Å². The number of benzene rings is 2. The first kappa shape index (κ1) is 18.1. The molecule has 2 aliphatic heterocycles. The molecule has 0 N–H and O–H groups in total. The molecule has 0 spiro atoms. The zero-order chi connectivity index (χ0) is 18.8. The lowest BCUT2D eigenvalue weighted by Crippen LogP contribution is -2.36. The molecule has 2 heterocycles. The molecule has 0 saturated carbocycles. The number of carbonyl (C=O) groups is 2. The summed E-state index contributed by atoms with van der Waals surface area (Å²) in [6.07, 6.45) is 4.31. The Bertz CT molecular complexity index is 850. The average Bonchev–Trinajstić information content (AvgIpc) is 3.32. The van der Waals surface area contributed by atoms with E-state index in [2.05, 4.69) is 0 Å². The summed E-state index contributed by atoms with van der Waals surface area (Å²) in [4.78, 5) is 28.7. The molecule has 2 amide bonds. The predicted octanol–water partition coefficient (Wildman–Crippen LogP) is 4.31. The van der Waals surface area contributed by atoms with Crippen molar-refractivity contribution in [2.45, 2.75) is 38.1 Å². The van der Waals surface area contributed by atoms with Crippen molar-refractivity contribution in [3.8, 4) is 0 Å². The van der Waals surface area contributed by atoms with Gasteiger partial charge in [0.2, 0.25) is 5.91 Å². The smallest absolute Gasteiger partial charge is 0.254 e. The second kappa shape index (κ2) is 7.73. The summed E-state index contributed by atoms with van der Waals surface area (Å²) in [5.74, 6) is 0.220. The lowest BCUT2D eigenvalue weighted by atomic mass is 10.0. The van der Waals surface area contributed by atoms with Gasteiger partial charge in [0.1, 0.15) is 0 Å². The summed E-state index contributed by atoms with van der Waals surface area (Å²) in [5.41, 5.74) is 2.64. The molecule has 0 bridgehead atoms. The Labute approximate surface area is 164 Å². The molecule has 2 aromatic rings. The van der Waals surface area contributed by atoms with E-state index in [1.807, 2.05) is 53.4 Å². The fourth-order valence-corrected chi connectivity index (χ4v) is 4.32. The van der Waals surface area contributed by atoms with E-state index >= 15 is 0 Å². The van der Waals surface area contributed by atoms with Gasteiger partial charge in [0.15, 0.2) is 0 Å². The fraction of sp³-hybridized carbons (Fsp3) is 0.364. The topological polar surface area (TPSA) is 40.6 Å². The van der Waals surface area contributed by atoms with Crippen LogP contribution in [0.4, 0.5) is 5.69 Å². The van der Waals surface area contributed by atoms with Gasteiger partial charge < -0.3 is 9.80 Å². The minimum absolute atomic E-state index is 0.0591. The van der Waals surface area contributed by atoms with Crippen LogP contribution in [0.1, 0.15) is 41.6 Å². The number of carbonyl (C=O) groups excluding carboxylic acids is 2. The van der Waals surface area contributed by atoms with Crippen LogP contribution in [0.25, 0.3) is 0 Å². The first-order valence-corrected chi connectivity index (χ1v) is 9.96. The lowest BCUT2D eigenvalue weighted by molar-refractivity contribution is -0.117. The first-order chi connectivity index (χ1) is 13.1. The van der Waals surface area contributed by atoms with Crippen LogP contribution in [0.3, 0.4) is 0 Å². The standard InChI is InChI=1S/C22H23ClN2O2/c23-20-7-2-1-5-17(20)15-19-6-3-14-25(19)22(27)16-9-11-18(12-10-16)24-13-4-8-21(24)26/h1-2,5,7,9-12,19H,3-4,6,8,13-15H2. The molecule has 4 rings (SSSR count). The number of rotatable bonds is 4. The predicted molar refractivity (Wildman–Crippen MR) is 107 cm³/mol. The van der Waals surface area contributed by atoms with Crippen molar-refractivity contribution >= 4 is 29.1 Å². The molecular weight excluding hydrogens is 360 g/mol. The largest absolute Gasteiger partial charge is 0.335 e. The van der Waals surface area contributed by atoms with Gasteiger partial charge in [0, 0.05) is 41.8 Å². The second-order valence-electron chi connectivity index (χ2n) is 7.29. The lowest BCUT2D eigenvalue weighted by Gasteiger charge is -2.25. The van der Waals surface area contributed by atoms with Crippen molar-refractivity contribution in [1.82, 2.24) is 4.90 Å². The molecular formula is C22H23ClN2O2. The molecule has 2 aromatic carbocycles. The third-order valence-electron chi connectivity index (χ3n) is 5.55. The van der Waals surface area contributed by atoms with E-state index in [1.165, 1.54) is 0 Å². The van der Waals surface area contributed by atoms with Crippen LogP contribution in [0, 0.1) is 0 Å².